The summed E-state index contributed by atoms with van der Waals surface area (Å²) < 4.78 is 26.1. The summed E-state index contributed by atoms with van der Waals surface area (Å²) in [7, 11) is -3.39. The van der Waals surface area contributed by atoms with Crippen LogP contribution in [0.1, 0.15) is 21.5 Å². The normalized spacial score (nSPS) is 11.1. The molecule has 2 N–H and O–H groups in total. The van der Waals surface area contributed by atoms with Gasteiger partial charge in [-0.15, -0.1) is 0 Å². The number of rotatable bonds is 5. The minimum Gasteiger partial charge on any atom is -0.348 e. The summed E-state index contributed by atoms with van der Waals surface area (Å²) in [6.45, 7) is 2.16. The number of nitrogens with one attached hydrogen (secondary N) is 2. The van der Waals surface area contributed by atoms with Gasteiger partial charge in [-0.25, -0.2) is 8.42 Å². The Morgan fingerprint density at radius 1 is 1.17 bits per heavy atom. The van der Waals surface area contributed by atoms with Crippen LogP contribution in [0, 0.1) is 6.92 Å². The first-order valence-corrected chi connectivity index (χ1v) is 9.54. The van der Waals surface area contributed by atoms with Crippen LogP contribution < -0.4 is 10.0 Å². The van der Waals surface area contributed by atoms with Crippen molar-refractivity contribution in [2.75, 3.05) is 11.0 Å². The molecule has 0 saturated heterocycles. The molecule has 2 rings (SSSR count). The van der Waals surface area contributed by atoms with Gasteiger partial charge in [0.1, 0.15) is 0 Å². The van der Waals surface area contributed by atoms with Crippen molar-refractivity contribution in [2.45, 2.75) is 13.5 Å². The van der Waals surface area contributed by atoms with Gasteiger partial charge < -0.3 is 5.32 Å². The molecule has 0 bridgehead atoms. The predicted molar refractivity (Wildman–Crippen MR) is 95.0 cm³/mol. The largest absolute Gasteiger partial charge is 0.348 e. The summed E-state index contributed by atoms with van der Waals surface area (Å²) in [5, 5.41) is 2.81. The van der Waals surface area contributed by atoms with E-state index in [0.29, 0.717) is 17.8 Å². The Kier molecular flexibility index (Phi) is 5.43. The molecule has 0 heterocycles. The predicted octanol–water partition coefficient (Wildman–Crippen LogP) is 3.06. The molecule has 1 amide bonds. The maximum absolute atomic E-state index is 12.2. The number of sulfonamides is 1. The van der Waals surface area contributed by atoms with E-state index in [1.54, 1.807) is 19.1 Å². The molecule has 0 unspecified atom stereocenters. The van der Waals surface area contributed by atoms with Crippen molar-refractivity contribution < 1.29 is 13.2 Å². The van der Waals surface area contributed by atoms with E-state index >= 15 is 0 Å². The SMILES string of the molecule is Cc1ccc(C(=O)NCc2cccc(Br)c2)cc1NS(C)(=O)=O. The highest BCUT2D eigenvalue weighted by atomic mass is 79.9. The molecule has 0 fully saturated rings. The highest BCUT2D eigenvalue weighted by molar-refractivity contribution is 9.10. The molecular weight excluding hydrogens is 380 g/mol. The molecule has 7 heteroatoms. The van der Waals surface area contributed by atoms with Gasteiger partial charge in [0.25, 0.3) is 5.91 Å². The maximum atomic E-state index is 12.2. The molecule has 0 aliphatic carbocycles. The fourth-order valence-corrected chi connectivity index (χ4v) is 3.07. The lowest BCUT2D eigenvalue weighted by atomic mass is 10.1. The number of amides is 1. The van der Waals surface area contributed by atoms with E-state index in [2.05, 4.69) is 26.0 Å². The van der Waals surface area contributed by atoms with Crippen molar-refractivity contribution in [1.29, 1.82) is 0 Å². The average molecular weight is 397 g/mol. The maximum Gasteiger partial charge on any atom is 0.251 e. The van der Waals surface area contributed by atoms with Gasteiger partial charge in [-0.1, -0.05) is 34.1 Å². The molecule has 0 atom stereocenters. The number of hydrogen-bond acceptors (Lipinski definition) is 3. The van der Waals surface area contributed by atoms with Gasteiger partial charge in [-0.05, 0) is 42.3 Å². The standard InChI is InChI=1S/C16H17BrN2O3S/c1-11-6-7-13(9-15(11)19-23(2,21)22)16(20)18-10-12-4-3-5-14(17)8-12/h3-9,19H,10H2,1-2H3,(H,18,20). The number of hydrogen-bond donors (Lipinski definition) is 2. The highest BCUT2D eigenvalue weighted by Gasteiger charge is 2.10. The van der Waals surface area contributed by atoms with E-state index in [9.17, 15) is 13.2 Å². The van der Waals surface area contributed by atoms with Gasteiger partial charge in [0.15, 0.2) is 0 Å². The van der Waals surface area contributed by atoms with E-state index in [4.69, 9.17) is 0 Å². The van der Waals surface area contributed by atoms with Crippen molar-refractivity contribution in [1.82, 2.24) is 5.32 Å². The van der Waals surface area contributed by atoms with Crippen LogP contribution in [0.4, 0.5) is 5.69 Å². The quantitative estimate of drug-likeness (QED) is 0.815. The van der Waals surface area contributed by atoms with Crippen LogP contribution in [0.2, 0.25) is 0 Å². The van der Waals surface area contributed by atoms with E-state index in [0.717, 1.165) is 21.9 Å². The Labute approximate surface area is 144 Å². The molecule has 122 valence electrons. The fraction of sp³-hybridized carbons (Fsp3) is 0.188. The van der Waals surface area contributed by atoms with Crippen LogP contribution in [-0.4, -0.2) is 20.6 Å². The average Bonchev–Trinajstić information content (AvgIpc) is 2.46. The summed E-state index contributed by atoms with van der Waals surface area (Å²) in [5.74, 6) is -0.262. The smallest absolute Gasteiger partial charge is 0.251 e. The first-order valence-electron chi connectivity index (χ1n) is 6.86. The van der Waals surface area contributed by atoms with E-state index in [1.165, 1.54) is 6.07 Å². The number of aryl methyl sites for hydroxylation is 1. The number of halogens is 1. The Balaban J connectivity index is 2.12. The van der Waals surface area contributed by atoms with Crippen LogP contribution in [0.3, 0.4) is 0 Å². The van der Waals surface area contributed by atoms with Crippen LogP contribution in [0.15, 0.2) is 46.9 Å². The van der Waals surface area contributed by atoms with Crippen LogP contribution in [0.25, 0.3) is 0 Å². The molecule has 23 heavy (non-hydrogen) atoms. The molecule has 2 aromatic carbocycles. The first-order chi connectivity index (χ1) is 10.7. The van der Waals surface area contributed by atoms with Crippen molar-refractivity contribution >= 4 is 37.5 Å². The van der Waals surface area contributed by atoms with Crippen molar-refractivity contribution in [3.63, 3.8) is 0 Å². The second-order valence-corrected chi connectivity index (χ2v) is 7.88. The molecule has 5 nitrogen and oxygen atoms in total. The monoisotopic (exact) mass is 396 g/mol. The highest BCUT2D eigenvalue weighted by Crippen LogP contribution is 2.18. The molecule has 0 aliphatic rings. The zero-order valence-electron chi connectivity index (χ0n) is 12.8. The molecule has 0 saturated carbocycles. The third-order valence-electron chi connectivity index (χ3n) is 3.14. The molecule has 0 aromatic heterocycles. The van der Waals surface area contributed by atoms with Gasteiger partial charge in [0.2, 0.25) is 10.0 Å². The number of anilines is 1. The minimum atomic E-state index is -3.39. The summed E-state index contributed by atoms with van der Waals surface area (Å²) in [4.78, 5) is 12.2. The Bertz CT molecular complexity index is 835. The number of carbonyl (C=O) groups excluding carboxylic acids is 1. The number of benzene rings is 2. The topological polar surface area (TPSA) is 75.3 Å². The minimum absolute atomic E-state index is 0.262. The van der Waals surface area contributed by atoms with Gasteiger partial charge in [0.05, 0.1) is 11.9 Å². The molecular formula is C16H17BrN2O3S. The lowest BCUT2D eigenvalue weighted by Crippen LogP contribution is -2.23. The number of carbonyl (C=O) groups is 1. The van der Waals surface area contributed by atoms with Crippen LogP contribution in [-0.2, 0) is 16.6 Å². The summed E-state index contributed by atoms with van der Waals surface area (Å²) in [5.41, 5.74) is 2.52. The summed E-state index contributed by atoms with van der Waals surface area (Å²) in [6, 6.07) is 12.6. The molecule has 2 aromatic rings. The second-order valence-electron chi connectivity index (χ2n) is 5.22. The Hall–Kier alpha value is -1.86. The van der Waals surface area contributed by atoms with Crippen LogP contribution in [0.5, 0.6) is 0 Å². The lowest BCUT2D eigenvalue weighted by Gasteiger charge is -2.11. The van der Waals surface area contributed by atoms with Crippen molar-refractivity contribution in [3.8, 4) is 0 Å². The van der Waals surface area contributed by atoms with Gasteiger partial charge in [0, 0.05) is 16.6 Å². The van der Waals surface area contributed by atoms with E-state index < -0.39 is 10.0 Å². The zero-order valence-corrected chi connectivity index (χ0v) is 15.2. The van der Waals surface area contributed by atoms with Crippen LogP contribution >= 0.6 is 15.9 Å². The third kappa shape index (κ3) is 5.37. The third-order valence-corrected chi connectivity index (χ3v) is 4.22. The summed E-state index contributed by atoms with van der Waals surface area (Å²) >= 11 is 3.38. The molecule has 0 radical (unpaired) electrons. The summed E-state index contributed by atoms with van der Waals surface area (Å²) in [6.07, 6.45) is 1.08. The van der Waals surface area contributed by atoms with E-state index in [-0.39, 0.29) is 5.91 Å². The van der Waals surface area contributed by atoms with Gasteiger partial charge >= 0.3 is 0 Å². The fourth-order valence-electron chi connectivity index (χ4n) is 2.00. The first kappa shape index (κ1) is 17.5. The second kappa shape index (κ2) is 7.14. The van der Waals surface area contributed by atoms with Gasteiger partial charge in [-0.3, -0.25) is 9.52 Å². The van der Waals surface area contributed by atoms with Crippen molar-refractivity contribution in [3.05, 3.63) is 63.6 Å². The molecule has 0 aliphatic heterocycles. The van der Waals surface area contributed by atoms with Gasteiger partial charge in [-0.2, -0.15) is 0 Å². The van der Waals surface area contributed by atoms with Crippen molar-refractivity contribution in [2.24, 2.45) is 0 Å². The zero-order chi connectivity index (χ0) is 17.0. The Morgan fingerprint density at radius 3 is 2.57 bits per heavy atom. The molecule has 0 spiro atoms. The van der Waals surface area contributed by atoms with E-state index in [1.807, 2.05) is 24.3 Å². The lowest BCUT2D eigenvalue weighted by molar-refractivity contribution is 0.0951. The Morgan fingerprint density at radius 2 is 1.91 bits per heavy atom.